The molecule has 3 atom stereocenters. The lowest BCUT2D eigenvalue weighted by Crippen LogP contribution is -2.54. The summed E-state index contributed by atoms with van der Waals surface area (Å²) in [4.78, 5) is 14.9. The van der Waals surface area contributed by atoms with E-state index in [1.807, 2.05) is 0 Å². The zero-order valence-corrected chi connectivity index (χ0v) is 15.4. The van der Waals surface area contributed by atoms with Gasteiger partial charge >= 0.3 is 0 Å². The van der Waals surface area contributed by atoms with Gasteiger partial charge in [-0.25, -0.2) is 8.42 Å². The number of carbonyl (C=O) groups excluding carboxylic acids is 1. The highest BCUT2D eigenvalue weighted by atomic mass is 32.2. The van der Waals surface area contributed by atoms with Gasteiger partial charge in [-0.05, 0) is 45.1 Å². The molecule has 2 saturated heterocycles. The number of nitrogens with zero attached hydrogens (tertiary/aromatic N) is 2. The van der Waals surface area contributed by atoms with E-state index in [9.17, 15) is 13.2 Å². The van der Waals surface area contributed by atoms with E-state index in [1.54, 1.807) is 0 Å². The van der Waals surface area contributed by atoms with Crippen LogP contribution in [0.1, 0.15) is 46.0 Å². The van der Waals surface area contributed by atoms with Crippen LogP contribution in [0, 0.1) is 5.92 Å². The quantitative estimate of drug-likeness (QED) is 0.808. The van der Waals surface area contributed by atoms with Crippen LogP contribution in [0.15, 0.2) is 0 Å². The minimum absolute atomic E-state index is 0.146. The van der Waals surface area contributed by atoms with Crippen LogP contribution in [0.3, 0.4) is 0 Å². The zero-order chi connectivity index (χ0) is 17.0. The molecule has 2 aliphatic heterocycles. The van der Waals surface area contributed by atoms with E-state index >= 15 is 0 Å². The first kappa shape index (κ1) is 18.7. The number of nitrogens with one attached hydrogen (secondary N) is 1. The molecule has 0 aromatic rings. The molecule has 0 spiro atoms. The largest absolute Gasteiger partial charge is 0.353 e. The van der Waals surface area contributed by atoms with Crippen molar-refractivity contribution in [2.75, 3.05) is 32.4 Å². The van der Waals surface area contributed by atoms with Gasteiger partial charge in [-0.3, -0.25) is 9.69 Å². The van der Waals surface area contributed by atoms with Crippen molar-refractivity contribution >= 4 is 15.9 Å². The van der Waals surface area contributed by atoms with E-state index in [4.69, 9.17) is 0 Å². The summed E-state index contributed by atoms with van der Waals surface area (Å²) in [6.07, 6.45) is 6.04. The minimum Gasteiger partial charge on any atom is -0.353 e. The highest BCUT2D eigenvalue weighted by Crippen LogP contribution is 2.20. The van der Waals surface area contributed by atoms with Crippen molar-refractivity contribution in [3.05, 3.63) is 0 Å². The highest BCUT2D eigenvalue weighted by molar-refractivity contribution is 7.88. The van der Waals surface area contributed by atoms with Crippen LogP contribution >= 0.6 is 0 Å². The molecular formula is C16H31N3O3S. The van der Waals surface area contributed by atoms with Crippen LogP contribution in [0.2, 0.25) is 0 Å². The third kappa shape index (κ3) is 5.16. The third-order valence-electron chi connectivity index (χ3n) is 5.07. The summed E-state index contributed by atoms with van der Waals surface area (Å²) < 4.78 is 25.1. The summed E-state index contributed by atoms with van der Waals surface area (Å²) in [5.41, 5.74) is 0. The molecule has 0 aromatic carbocycles. The van der Waals surface area contributed by atoms with Gasteiger partial charge in [-0.15, -0.1) is 0 Å². The Morgan fingerprint density at radius 2 is 1.96 bits per heavy atom. The van der Waals surface area contributed by atoms with Gasteiger partial charge in [0.15, 0.2) is 0 Å². The number of sulfonamides is 1. The fourth-order valence-electron chi connectivity index (χ4n) is 3.69. The number of carbonyl (C=O) groups is 1. The Morgan fingerprint density at radius 3 is 2.61 bits per heavy atom. The standard InChI is InChI=1S/C16H31N3O3S/c1-13-7-6-9-18(12-13)14(2)11-17-16(20)15-8-4-5-10-19(15)23(3,21)22/h13-15H,4-12H2,1-3H3,(H,17,20)/t13-,14+,15+/m1/s1. The van der Waals surface area contributed by atoms with Crippen LogP contribution in [0.4, 0.5) is 0 Å². The summed E-state index contributed by atoms with van der Waals surface area (Å²) in [6.45, 7) is 7.60. The van der Waals surface area contributed by atoms with Crippen molar-refractivity contribution in [2.45, 2.75) is 58.0 Å². The lowest BCUT2D eigenvalue weighted by atomic mass is 9.99. The third-order valence-corrected chi connectivity index (χ3v) is 6.35. The molecule has 6 nitrogen and oxygen atoms in total. The van der Waals surface area contributed by atoms with Crippen LogP contribution in [-0.4, -0.2) is 68.0 Å². The first-order valence-electron chi connectivity index (χ1n) is 8.77. The first-order chi connectivity index (χ1) is 10.8. The second-order valence-electron chi connectivity index (χ2n) is 7.22. The van der Waals surface area contributed by atoms with Crippen molar-refractivity contribution in [3.8, 4) is 0 Å². The Labute approximate surface area is 140 Å². The van der Waals surface area contributed by atoms with Gasteiger partial charge in [-0.2, -0.15) is 4.31 Å². The van der Waals surface area contributed by atoms with Crippen LogP contribution in [-0.2, 0) is 14.8 Å². The zero-order valence-electron chi connectivity index (χ0n) is 14.6. The summed E-state index contributed by atoms with van der Waals surface area (Å²) in [5, 5.41) is 2.98. The molecule has 23 heavy (non-hydrogen) atoms. The molecule has 0 saturated carbocycles. The number of rotatable bonds is 5. The Morgan fingerprint density at radius 1 is 1.22 bits per heavy atom. The number of piperidine rings is 2. The van der Waals surface area contributed by atoms with Crippen LogP contribution < -0.4 is 5.32 Å². The SMILES string of the molecule is C[C@@H]1CCCN([C@@H](C)CNC(=O)[C@@H]2CCCCN2S(C)(=O)=O)C1. The highest BCUT2D eigenvalue weighted by Gasteiger charge is 2.34. The van der Waals surface area contributed by atoms with E-state index in [2.05, 4.69) is 24.1 Å². The van der Waals surface area contributed by atoms with Crippen molar-refractivity contribution < 1.29 is 13.2 Å². The predicted molar refractivity (Wildman–Crippen MR) is 91.6 cm³/mol. The maximum absolute atomic E-state index is 12.5. The van der Waals surface area contributed by atoms with E-state index in [-0.39, 0.29) is 11.9 Å². The molecule has 2 aliphatic rings. The molecule has 1 N–H and O–H groups in total. The lowest BCUT2D eigenvalue weighted by molar-refractivity contribution is -0.125. The lowest BCUT2D eigenvalue weighted by Gasteiger charge is -2.36. The Kier molecular flexibility index (Phi) is 6.45. The monoisotopic (exact) mass is 345 g/mol. The van der Waals surface area contributed by atoms with Gasteiger partial charge in [0.2, 0.25) is 15.9 Å². The molecule has 2 fully saturated rings. The van der Waals surface area contributed by atoms with Crippen molar-refractivity contribution in [1.29, 1.82) is 0 Å². The van der Waals surface area contributed by atoms with E-state index in [1.165, 1.54) is 23.4 Å². The molecule has 0 bridgehead atoms. The average molecular weight is 346 g/mol. The van der Waals surface area contributed by atoms with Gasteiger partial charge in [0.05, 0.1) is 6.26 Å². The van der Waals surface area contributed by atoms with Gasteiger partial charge in [0.25, 0.3) is 0 Å². The second-order valence-corrected chi connectivity index (χ2v) is 9.16. The van der Waals surface area contributed by atoms with Crippen LogP contribution in [0.25, 0.3) is 0 Å². The summed E-state index contributed by atoms with van der Waals surface area (Å²) in [5.74, 6) is 0.563. The Bertz CT molecular complexity index is 509. The number of amides is 1. The van der Waals surface area contributed by atoms with Crippen molar-refractivity contribution in [2.24, 2.45) is 5.92 Å². The molecule has 1 amide bonds. The molecular weight excluding hydrogens is 314 g/mol. The molecule has 0 unspecified atom stereocenters. The molecule has 7 heteroatoms. The smallest absolute Gasteiger partial charge is 0.238 e. The van der Waals surface area contributed by atoms with Gasteiger partial charge in [0, 0.05) is 25.7 Å². The fourth-order valence-corrected chi connectivity index (χ4v) is 4.81. The van der Waals surface area contributed by atoms with Crippen LogP contribution in [0.5, 0.6) is 0 Å². The molecule has 0 aromatic heterocycles. The van der Waals surface area contributed by atoms with Crippen molar-refractivity contribution in [1.82, 2.24) is 14.5 Å². The summed E-state index contributed by atoms with van der Waals surface area (Å²) in [7, 11) is -3.32. The Hall–Kier alpha value is -0.660. The van der Waals surface area contributed by atoms with E-state index in [0.29, 0.717) is 25.4 Å². The normalized spacial score (nSPS) is 29.2. The second kappa shape index (κ2) is 7.94. The van der Waals surface area contributed by atoms with E-state index < -0.39 is 16.1 Å². The topological polar surface area (TPSA) is 69.7 Å². The number of hydrogen-bond donors (Lipinski definition) is 1. The van der Waals surface area contributed by atoms with Gasteiger partial charge < -0.3 is 5.32 Å². The van der Waals surface area contributed by atoms with Gasteiger partial charge in [0.1, 0.15) is 6.04 Å². The summed E-state index contributed by atoms with van der Waals surface area (Å²) >= 11 is 0. The number of hydrogen-bond acceptors (Lipinski definition) is 4. The number of likely N-dealkylation sites (tertiary alicyclic amines) is 1. The Balaban J connectivity index is 1.87. The maximum Gasteiger partial charge on any atom is 0.238 e. The molecule has 134 valence electrons. The fraction of sp³-hybridized carbons (Fsp3) is 0.938. The molecule has 2 heterocycles. The summed E-state index contributed by atoms with van der Waals surface area (Å²) in [6, 6.07) is -0.247. The van der Waals surface area contributed by atoms with Crippen molar-refractivity contribution in [3.63, 3.8) is 0 Å². The first-order valence-corrected chi connectivity index (χ1v) is 10.6. The molecule has 2 rings (SSSR count). The predicted octanol–water partition coefficient (Wildman–Crippen LogP) is 1.04. The molecule has 0 aliphatic carbocycles. The minimum atomic E-state index is -3.32. The van der Waals surface area contributed by atoms with E-state index in [0.717, 1.165) is 25.9 Å². The van der Waals surface area contributed by atoms with Gasteiger partial charge in [-0.1, -0.05) is 13.3 Å². The maximum atomic E-state index is 12.5. The molecule has 0 radical (unpaired) electrons. The average Bonchev–Trinajstić information content (AvgIpc) is 2.51.